The van der Waals surface area contributed by atoms with Crippen molar-refractivity contribution in [2.45, 2.75) is 13.5 Å². The number of benzene rings is 2. The molecular formula is C15H14BrFO2. The summed E-state index contributed by atoms with van der Waals surface area (Å²) in [5.41, 5.74) is 1.58. The van der Waals surface area contributed by atoms with Gasteiger partial charge in [-0.1, -0.05) is 15.9 Å². The second-order valence-electron chi connectivity index (χ2n) is 4.16. The largest absolute Gasteiger partial charge is 0.497 e. The van der Waals surface area contributed by atoms with Crippen molar-refractivity contribution < 1.29 is 13.9 Å². The molecule has 0 saturated carbocycles. The number of ether oxygens (including phenoxy) is 2. The van der Waals surface area contributed by atoms with Gasteiger partial charge < -0.3 is 9.47 Å². The summed E-state index contributed by atoms with van der Waals surface area (Å²) in [5, 5.41) is 0. The van der Waals surface area contributed by atoms with Crippen LogP contribution < -0.4 is 9.47 Å². The summed E-state index contributed by atoms with van der Waals surface area (Å²) >= 11 is 3.42. The molecule has 0 N–H and O–H groups in total. The average molecular weight is 325 g/mol. The molecule has 2 nitrogen and oxygen atoms in total. The Morgan fingerprint density at radius 2 is 1.84 bits per heavy atom. The van der Waals surface area contributed by atoms with Crippen LogP contribution in [0, 0.1) is 12.7 Å². The number of halogens is 2. The van der Waals surface area contributed by atoms with Crippen LogP contribution in [-0.4, -0.2) is 7.11 Å². The Hall–Kier alpha value is -1.55. The molecule has 0 spiro atoms. The van der Waals surface area contributed by atoms with E-state index in [1.807, 2.05) is 25.1 Å². The first kappa shape index (κ1) is 13.9. The van der Waals surface area contributed by atoms with Gasteiger partial charge in [0.15, 0.2) is 0 Å². The van der Waals surface area contributed by atoms with Gasteiger partial charge in [-0.2, -0.15) is 0 Å². The van der Waals surface area contributed by atoms with Crippen molar-refractivity contribution in [3.63, 3.8) is 0 Å². The lowest BCUT2D eigenvalue weighted by atomic mass is 10.2. The third-order valence-corrected chi connectivity index (χ3v) is 3.67. The summed E-state index contributed by atoms with van der Waals surface area (Å²) < 4.78 is 25.3. The molecule has 0 fully saturated rings. The maximum atomic E-state index is 13.7. The predicted molar refractivity (Wildman–Crippen MR) is 76.2 cm³/mol. The highest BCUT2D eigenvalue weighted by molar-refractivity contribution is 9.10. The molecular weight excluding hydrogens is 311 g/mol. The van der Waals surface area contributed by atoms with Crippen molar-refractivity contribution in [1.82, 2.24) is 0 Å². The van der Waals surface area contributed by atoms with Crippen molar-refractivity contribution in [1.29, 1.82) is 0 Å². The first-order chi connectivity index (χ1) is 9.10. The first-order valence-corrected chi connectivity index (χ1v) is 6.61. The molecule has 0 amide bonds. The van der Waals surface area contributed by atoms with Crippen molar-refractivity contribution in [2.24, 2.45) is 0 Å². The van der Waals surface area contributed by atoms with Crippen LogP contribution in [0.2, 0.25) is 0 Å². The van der Waals surface area contributed by atoms with E-state index in [1.165, 1.54) is 13.2 Å². The molecule has 0 saturated heterocycles. The molecule has 0 radical (unpaired) electrons. The molecule has 4 heteroatoms. The quantitative estimate of drug-likeness (QED) is 0.825. The fourth-order valence-corrected chi connectivity index (χ4v) is 1.89. The maximum absolute atomic E-state index is 13.7. The van der Waals surface area contributed by atoms with Crippen LogP contribution in [-0.2, 0) is 6.61 Å². The Morgan fingerprint density at radius 3 is 2.47 bits per heavy atom. The highest BCUT2D eigenvalue weighted by Crippen LogP contribution is 2.23. The summed E-state index contributed by atoms with van der Waals surface area (Å²) in [6, 6.07) is 10.4. The summed E-state index contributed by atoms with van der Waals surface area (Å²) in [6.45, 7) is 2.17. The minimum atomic E-state index is -0.326. The van der Waals surface area contributed by atoms with Gasteiger partial charge in [0, 0.05) is 16.1 Å². The van der Waals surface area contributed by atoms with Crippen LogP contribution in [0.5, 0.6) is 11.5 Å². The molecule has 2 aromatic rings. The van der Waals surface area contributed by atoms with Crippen LogP contribution in [0.4, 0.5) is 4.39 Å². The molecule has 0 atom stereocenters. The zero-order valence-electron chi connectivity index (χ0n) is 10.7. The fraction of sp³-hybridized carbons (Fsp3) is 0.200. The van der Waals surface area contributed by atoms with E-state index in [1.54, 1.807) is 12.1 Å². The second kappa shape index (κ2) is 6.06. The van der Waals surface area contributed by atoms with Crippen LogP contribution in [0.1, 0.15) is 11.1 Å². The Morgan fingerprint density at radius 1 is 1.11 bits per heavy atom. The lowest BCUT2D eigenvalue weighted by molar-refractivity contribution is 0.299. The van der Waals surface area contributed by atoms with Crippen LogP contribution in [0.25, 0.3) is 0 Å². The van der Waals surface area contributed by atoms with E-state index in [9.17, 15) is 4.39 Å². The number of hydrogen-bond donors (Lipinski definition) is 0. The van der Waals surface area contributed by atoms with Gasteiger partial charge in [0.1, 0.15) is 23.9 Å². The topological polar surface area (TPSA) is 18.5 Å². The Labute approximate surface area is 120 Å². The van der Waals surface area contributed by atoms with E-state index < -0.39 is 0 Å². The Kier molecular flexibility index (Phi) is 4.43. The molecule has 0 unspecified atom stereocenters. The van der Waals surface area contributed by atoms with Crippen LogP contribution in [0.15, 0.2) is 40.9 Å². The molecule has 0 heterocycles. The number of methoxy groups -OCH3 is 1. The van der Waals surface area contributed by atoms with Gasteiger partial charge in [0.2, 0.25) is 0 Å². The summed E-state index contributed by atoms with van der Waals surface area (Å²) in [7, 11) is 1.51. The fourth-order valence-electron chi connectivity index (χ4n) is 1.64. The average Bonchev–Trinajstić information content (AvgIpc) is 2.41. The zero-order chi connectivity index (χ0) is 13.8. The molecule has 0 aliphatic carbocycles. The molecule has 19 heavy (non-hydrogen) atoms. The van der Waals surface area contributed by atoms with Gasteiger partial charge >= 0.3 is 0 Å². The first-order valence-electron chi connectivity index (χ1n) is 5.81. The third kappa shape index (κ3) is 3.47. The molecule has 2 aromatic carbocycles. The molecule has 2 rings (SSSR count). The highest BCUT2D eigenvalue weighted by atomic mass is 79.9. The second-order valence-corrected chi connectivity index (χ2v) is 5.01. The van der Waals surface area contributed by atoms with Gasteiger partial charge in [-0.25, -0.2) is 4.39 Å². The van der Waals surface area contributed by atoms with E-state index in [0.717, 1.165) is 15.8 Å². The van der Waals surface area contributed by atoms with E-state index >= 15 is 0 Å². The van der Waals surface area contributed by atoms with E-state index in [0.29, 0.717) is 11.3 Å². The molecule has 0 aliphatic rings. The van der Waals surface area contributed by atoms with Crippen molar-refractivity contribution in [3.05, 3.63) is 57.8 Å². The van der Waals surface area contributed by atoms with Crippen molar-refractivity contribution >= 4 is 15.9 Å². The number of rotatable bonds is 4. The minimum absolute atomic E-state index is 0.191. The van der Waals surface area contributed by atoms with Gasteiger partial charge in [0.05, 0.1) is 7.11 Å². The number of aryl methyl sites for hydroxylation is 1. The lowest BCUT2D eigenvalue weighted by Crippen LogP contribution is -1.99. The standard InChI is InChI=1S/C15H14BrFO2/c1-10-7-13(5-6-14(10)16)19-9-11-3-4-12(18-2)8-15(11)17/h3-8H,9H2,1-2H3. The van der Waals surface area contributed by atoms with E-state index in [-0.39, 0.29) is 12.4 Å². The summed E-state index contributed by atoms with van der Waals surface area (Å²) in [5.74, 6) is 0.893. The Balaban J connectivity index is 2.07. The zero-order valence-corrected chi connectivity index (χ0v) is 12.3. The van der Waals surface area contributed by atoms with Crippen LogP contribution in [0.3, 0.4) is 0 Å². The minimum Gasteiger partial charge on any atom is -0.497 e. The highest BCUT2D eigenvalue weighted by Gasteiger charge is 2.05. The van der Waals surface area contributed by atoms with Gasteiger partial charge in [-0.3, -0.25) is 0 Å². The van der Waals surface area contributed by atoms with Gasteiger partial charge in [-0.05, 0) is 42.8 Å². The molecule has 0 aliphatic heterocycles. The maximum Gasteiger partial charge on any atom is 0.133 e. The third-order valence-electron chi connectivity index (χ3n) is 2.78. The smallest absolute Gasteiger partial charge is 0.133 e. The van der Waals surface area contributed by atoms with Gasteiger partial charge in [-0.15, -0.1) is 0 Å². The molecule has 0 bridgehead atoms. The normalized spacial score (nSPS) is 10.3. The SMILES string of the molecule is COc1ccc(COc2ccc(Br)c(C)c2)c(F)c1. The summed E-state index contributed by atoms with van der Waals surface area (Å²) in [6.07, 6.45) is 0. The predicted octanol–water partition coefficient (Wildman–Crippen LogP) is 4.48. The van der Waals surface area contributed by atoms with Crippen LogP contribution >= 0.6 is 15.9 Å². The molecule has 100 valence electrons. The van der Waals surface area contributed by atoms with E-state index in [4.69, 9.17) is 9.47 Å². The molecule has 0 aromatic heterocycles. The number of hydrogen-bond acceptors (Lipinski definition) is 2. The van der Waals surface area contributed by atoms with Crippen molar-refractivity contribution in [3.8, 4) is 11.5 Å². The monoisotopic (exact) mass is 324 g/mol. The van der Waals surface area contributed by atoms with Crippen molar-refractivity contribution in [2.75, 3.05) is 7.11 Å². The van der Waals surface area contributed by atoms with Gasteiger partial charge in [0.25, 0.3) is 0 Å². The lowest BCUT2D eigenvalue weighted by Gasteiger charge is -2.09. The van der Waals surface area contributed by atoms with E-state index in [2.05, 4.69) is 15.9 Å². The Bertz CT molecular complexity index is 584. The summed E-state index contributed by atoms with van der Waals surface area (Å²) in [4.78, 5) is 0.